The van der Waals surface area contributed by atoms with Crippen LogP contribution in [0, 0.1) is 0 Å². The van der Waals surface area contributed by atoms with Crippen LogP contribution in [0.3, 0.4) is 0 Å². The molecule has 0 aliphatic carbocycles. The van der Waals surface area contributed by atoms with Gasteiger partial charge in [0.1, 0.15) is 5.75 Å². The van der Waals surface area contributed by atoms with Gasteiger partial charge in [-0.3, -0.25) is 0 Å². The molecule has 2 aromatic heterocycles. The molecule has 5 rings (SSSR count). The summed E-state index contributed by atoms with van der Waals surface area (Å²) in [7, 11) is 1.61. The minimum absolute atomic E-state index is 0.112. The third-order valence-electron chi connectivity index (χ3n) is 5.59. The van der Waals surface area contributed by atoms with Crippen molar-refractivity contribution in [3.05, 3.63) is 65.8 Å². The second-order valence-electron chi connectivity index (χ2n) is 7.47. The van der Waals surface area contributed by atoms with Gasteiger partial charge in [-0.25, -0.2) is 9.78 Å². The normalized spacial score (nSPS) is 14.3. The average Bonchev–Trinajstić information content (AvgIpc) is 3.28. The SMILES string of the molecule is COc1cccc(NC(=O)N2CCN(c3nc4cc(Cl)ccc4n4cccc34)CC2)c1. The van der Waals surface area contributed by atoms with Gasteiger partial charge < -0.3 is 24.3 Å². The maximum atomic E-state index is 12.7. The van der Waals surface area contributed by atoms with Crippen LogP contribution >= 0.6 is 11.6 Å². The van der Waals surface area contributed by atoms with Crippen molar-refractivity contribution in [3.8, 4) is 5.75 Å². The molecule has 1 N–H and O–H groups in total. The third-order valence-corrected chi connectivity index (χ3v) is 5.82. The molecule has 8 heteroatoms. The first kappa shape index (κ1) is 19.5. The summed E-state index contributed by atoms with van der Waals surface area (Å²) in [6, 6.07) is 17.1. The van der Waals surface area contributed by atoms with E-state index in [0.717, 1.165) is 28.1 Å². The largest absolute Gasteiger partial charge is 0.497 e. The molecule has 0 saturated carbocycles. The van der Waals surface area contributed by atoms with Crippen LogP contribution in [0.15, 0.2) is 60.8 Å². The third kappa shape index (κ3) is 3.72. The summed E-state index contributed by atoms with van der Waals surface area (Å²) >= 11 is 6.20. The molecule has 0 spiro atoms. The first-order chi connectivity index (χ1) is 15.1. The molecule has 0 unspecified atom stereocenters. The molecule has 4 aromatic rings. The van der Waals surface area contributed by atoms with E-state index in [9.17, 15) is 4.79 Å². The van der Waals surface area contributed by atoms with Gasteiger partial charge in [-0.15, -0.1) is 0 Å². The van der Waals surface area contributed by atoms with E-state index in [0.29, 0.717) is 37.0 Å². The molecular formula is C23H22ClN5O2. The Morgan fingerprint density at radius 1 is 1.03 bits per heavy atom. The molecule has 158 valence electrons. The standard InChI is InChI=1S/C23H22ClN5O2/c1-31-18-5-2-4-17(15-18)25-23(30)28-12-10-27(11-13-28)22-21-6-3-9-29(21)20-8-7-16(24)14-19(20)26-22/h2-9,14-15H,10-13H2,1H3,(H,25,30). The van der Waals surface area contributed by atoms with Gasteiger partial charge in [0, 0.05) is 49.2 Å². The second-order valence-corrected chi connectivity index (χ2v) is 7.90. The number of piperazine rings is 1. The number of carbonyl (C=O) groups is 1. The highest BCUT2D eigenvalue weighted by molar-refractivity contribution is 6.31. The number of anilines is 2. The fraction of sp³-hybridized carbons (Fsp3) is 0.217. The van der Waals surface area contributed by atoms with Crippen LogP contribution in [-0.2, 0) is 0 Å². The zero-order valence-electron chi connectivity index (χ0n) is 17.1. The number of hydrogen-bond donors (Lipinski definition) is 1. The highest BCUT2D eigenvalue weighted by Gasteiger charge is 2.24. The van der Waals surface area contributed by atoms with Crippen LogP contribution in [0.2, 0.25) is 5.02 Å². The summed E-state index contributed by atoms with van der Waals surface area (Å²) < 4.78 is 7.36. The number of urea groups is 1. The Bertz CT molecular complexity index is 1260. The number of ether oxygens (including phenoxy) is 1. The number of aromatic nitrogens is 2. The number of nitrogens with one attached hydrogen (secondary N) is 1. The number of methoxy groups -OCH3 is 1. The second kappa shape index (κ2) is 8.00. The van der Waals surface area contributed by atoms with Gasteiger partial charge in [0.25, 0.3) is 0 Å². The van der Waals surface area contributed by atoms with E-state index in [-0.39, 0.29) is 6.03 Å². The van der Waals surface area contributed by atoms with E-state index in [1.165, 1.54) is 0 Å². The monoisotopic (exact) mass is 435 g/mol. The van der Waals surface area contributed by atoms with Crippen LogP contribution in [0.4, 0.5) is 16.3 Å². The predicted octanol–water partition coefficient (Wildman–Crippen LogP) is 4.50. The van der Waals surface area contributed by atoms with Gasteiger partial charge in [0.2, 0.25) is 0 Å². The van der Waals surface area contributed by atoms with Crippen molar-refractivity contribution in [2.24, 2.45) is 0 Å². The lowest BCUT2D eigenvalue weighted by Gasteiger charge is -2.35. The van der Waals surface area contributed by atoms with E-state index >= 15 is 0 Å². The molecule has 0 radical (unpaired) electrons. The van der Waals surface area contributed by atoms with E-state index in [1.54, 1.807) is 7.11 Å². The summed E-state index contributed by atoms with van der Waals surface area (Å²) in [6.45, 7) is 2.62. The Morgan fingerprint density at radius 3 is 2.68 bits per heavy atom. The molecule has 1 aliphatic heterocycles. The summed E-state index contributed by atoms with van der Waals surface area (Å²) in [5.74, 6) is 1.62. The van der Waals surface area contributed by atoms with E-state index < -0.39 is 0 Å². The van der Waals surface area contributed by atoms with Crippen LogP contribution in [-0.4, -0.2) is 53.6 Å². The summed E-state index contributed by atoms with van der Waals surface area (Å²) in [6.07, 6.45) is 2.04. The molecule has 0 atom stereocenters. The number of carbonyl (C=O) groups excluding carboxylic acids is 1. The van der Waals surface area contributed by atoms with Crippen LogP contribution in [0.1, 0.15) is 0 Å². The predicted molar refractivity (Wildman–Crippen MR) is 124 cm³/mol. The Hall–Kier alpha value is -3.45. The lowest BCUT2D eigenvalue weighted by molar-refractivity contribution is 0.208. The zero-order chi connectivity index (χ0) is 21.4. The highest BCUT2D eigenvalue weighted by atomic mass is 35.5. The molecule has 1 fully saturated rings. The van der Waals surface area contributed by atoms with Gasteiger partial charge in [0.05, 0.1) is 23.7 Å². The molecule has 1 aliphatic rings. The van der Waals surface area contributed by atoms with Crippen molar-refractivity contribution in [1.82, 2.24) is 14.3 Å². The topological polar surface area (TPSA) is 62.1 Å². The fourth-order valence-electron chi connectivity index (χ4n) is 3.99. The van der Waals surface area contributed by atoms with Crippen LogP contribution in [0.5, 0.6) is 5.75 Å². The fourth-order valence-corrected chi connectivity index (χ4v) is 4.16. The Morgan fingerprint density at radius 2 is 1.87 bits per heavy atom. The van der Waals surface area contributed by atoms with Crippen molar-refractivity contribution in [2.75, 3.05) is 43.5 Å². The van der Waals surface area contributed by atoms with Crippen molar-refractivity contribution >= 4 is 45.7 Å². The molecule has 7 nitrogen and oxygen atoms in total. The lowest BCUT2D eigenvalue weighted by atomic mass is 10.2. The molecule has 2 aromatic carbocycles. The van der Waals surface area contributed by atoms with Crippen LogP contribution < -0.4 is 15.0 Å². The summed E-state index contributed by atoms with van der Waals surface area (Å²) in [5, 5.41) is 3.61. The Balaban J connectivity index is 1.33. The van der Waals surface area contributed by atoms with Crippen molar-refractivity contribution in [1.29, 1.82) is 0 Å². The first-order valence-electron chi connectivity index (χ1n) is 10.1. The lowest BCUT2D eigenvalue weighted by Crippen LogP contribution is -2.50. The van der Waals surface area contributed by atoms with Gasteiger partial charge in [-0.1, -0.05) is 17.7 Å². The van der Waals surface area contributed by atoms with Gasteiger partial charge >= 0.3 is 6.03 Å². The number of rotatable bonds is 3. The molecule has 2 amide bonds. The van der Waals surface area contributed by atoms with E-state index in [4.69, 9.17) is 21.3 Å². The molecule has 3 heterocycles. The van der Waals surface area contributed by atoms with Gasteiger partial charge in [-0.05, 0) is 42.5 Å². The minimum atomic E-state index is -0.112. The summed E-state index contributed by atoms with van der Waals surface area (Å²) in [4.78, 5) is 21.7. The van der Waals surface area contributed by atoms with E-state index in [1.807, 2.05) is 59.6 Å². The van der Waals surface area contributed by atoms with Gasteiger partial charge in [-0.2, -0.15) is 0 Å². The minimum Gasteiger partial charge on any atom is -0.497 e. The van der Waals surface area contributed by atoms with Crippen molar-refractivity contribution in [3.63, 3.8) is 0 Å². The van der Waals surface area contributed by atoms with Crippen molar-refractivity contribution in [2.45, 2.75) is 0 Å². The number of hydrogen-bond acceptors (Lipinski definition) is 4. The first-order valence-corrected chi connectivity index (χ1v) is 10.5. The molecular weight excluding hydrogens is 414 g/mol. The number of fused-ring (bicyclic) bond motifs is 3. The van der Waals surface area contributed by atoms with E-state index in [2.05, 4.69) is 20.7 Å². The Labute approximate surface area is 184 Å². The van der Waals surface area contributed by atoms with Crippen LogP contribution in [0.25, 0.3) is 16.6 Å². The number of halogens is 1. The highest BCUT2D eigenvalue weighted by Crippen LogP contribution is 2.28. The molecule has 31 heavy (non-hydrogen) atoms. The van der Waals surface area contributed by atoms with Crippen molar-refractivity contribution < 1.29 is 9.53 Å². The maximum absolute atomic E-state index is 12.7. The number of amides is 2. The average molecular weight is 436 g/mol. The summed E-state index contributed by atoms with van der Waals surface area (Å²) in [5.41, 5.74) is 3.63. The Kier molecular flexibility index (Phi) is 5.03. The molecule has 0 bridgehead atoms. The molecule has 1 saturated heterocycles. The number of nitrogens with zero attached hydrogens (tertiary/aromatic N) is 4. The maximum Gasteiger partial charge on any atom is 0.321 e. The zero-order valence-corrected chi connectivity index (χ0v) is 17.8. The van der Waals surface area contributed by atoms with Gasteiger partial charge in [0.15, 0.2) is 5.82 Å². The quantitative estimate of drug-likeness (QED) is 0.514. The smallest absolute Gasteiger partial charge is 0.321 e. The number of benzene rings is 2.